The summed E-state index contributed by atoms with van der Waals surface area (Å²) < 4.78 is 6.64. The van der Waals surface area contributed by atoms with Crippen LogP contribution in [0.3, 0.4) is 0 Å². The zero-order valence-electron chi connectivity index (χ0n) is 11.5. The summed E-state index contributed by atoms with van der Waals surface area (Å²) in [5.41, 5.74) is 1.23. The summed E-state index contributed by atoms with van der Waals surface area (Å²) in [4.78, 5) is 0. The molecule has 2 fully saturated rings. The molecule has 100 valence electrons. The lowest BCUT2D eigenvalue weighted by Crippen LogP contribution is -2.40. The Hall–Kier alpha value is -1.76. The summed E-state index contributed by atoms with van der Waals surface area (Å²) >= 11 is 0. The van der Waals surface area contributed by atoms with E-state index < -0.39 is 0 Å². The first-order chi connectivity index (χ1) is 9.84. The van der Waals surface area contributed by atoms with E-state index in [2.05, 4.69) is 48.6 Å². The van der Waals surface area contributed by atoms with Crippen molar-refractivity contribution < 1.29 is 4.74 Å². The number of hydrogen-bond donors (Lipinski definition) is 0. The van der Waals surface area contributed by atoms with Crippen LogP contribution in [0.2, 0.25) is 0 Å². The van der Waals surface area contributed by atoms with Crippen molar-refractivity contribution in [1.82, 2.24) is 0 Å². The Kier molecular flexibility index (Phi) is 2.01. The van der Waals surface area contributed by atoms with E-state index in [-0.39, 0.29) is 5.60 Å². The predicted molar refractivity (Wildman–Crippen MR) is 81.8 cm³/mol. The number of fused-ring (bicyclic) bond motifs is 6. The number of ether oxygens (including phenoxy) is 1. The maximum Gasteiger partial charge on any atom is 0.135 e. The molecule has 2 bridgehead atoms. The van der Waals surface area contributed by atoms with Crippen LogP contribution >= 0.6 is 0 Å². The third-order valence-corrected chi connectivity index (χ3v) is 5.59. The molecule has 2 aliphatic carbocycles. The molecule has 2 aromatic rings. The summed E-state index contributed by atoms with van der Waals surface area (Å²) in [5.74, 6) is 2.73. The van der Waals surface area contributed by atoms with E-state index in [1.54, 1.807) is 0 Å². The normalized spacial score (nSPS) is 33.6. The highest BCUT2D eigenvalue weighted by Gasteiger charge is 2.52. The van der Waals surface area contributed by atoms with Crippen molar-refractivity contribution in [3.8, 4) is 5.75 Å². The van der Waals surface area contributed by atoms with Gasteiger partial charge in [0.05, 0.1) is 0 Å². The van der Waals surface area contributed by atoms with E-state index in [1.807, 2.05) is 0 Å². The molecule has 0 N–H and O–H groups in total. The Balaban J connectivity index is 1.69. The van der Waals surface area contributed by atoms with E-state index in [1.165, 1.54) is 42.0 Å². The van der Waals surface area contributed by atoms with Gasteiger partial charge in [-0.2, -0.15) is 0 Å². The van der Waals surface area contributed by atoms with Gasteiger partial charge in [0.25, 0.3) is 0 Å². The van der Waals surface area contributed by atoms with Crippen LogP contribution in [0.15, 0.2) is 42.5 Å². The van der Waals surface area contributed by atoms with E-state index in [0.29, 0.717) is 0 Å². The molecule has 20 heavy (non-hydrogen) atoms. The predicted octanol–water partition coefficient (Wildman–Crippen LogP) is 4.80. The second kappa shape index (κ2) is 3.66. The molecule has 1 nitrogen and oxygen atoms in total. The van der Waals surface area contributed by atoms with E-state index in [0.717, 1.165) is 17.6 Å². The van der Waals surface area contributed by atoms with Crippen LogP contribution in [-0.4, -0.2) is 5.60 Å². The van der Waals surface area contributed by atoms with Crippen molar-refractivity contribution in [3.05, 3.63) is 48.0 Å². The van der Waals surface area contributed by atoms with E-state index in [4.69, 9.17) is 4.74 Å². The maximum atomic E-state index is 6.64. The Bertz CT molecular complexity index is 730. The number of hydrogen-bond acceptors (Lipinski definition) is 1. The maximum absolute atomic E-state index is 6.64. The van der Waals surface area contributed by atoms with Crippen LogP contribution in [0.5, 0.6) is 5.75 Å². The van der Waals surface area contributed by atoms with Crippen molar-refractivity contribution in [2.45, 2.75) is 31.3 Å². The average molecular weight is 262 g/mol. The van der Waals surface area contributed by atoms with Gasteiger partial charge >= 0.3 is 0 Å². The number of benzene rings is 2. The molecule has 2 saturated carbocycles. The van der Waals surface area contributed by atoms with Gasteiger partial charge in [-0.25, -0.2) is 0 Å². The molecular weight excluding hydrogens is 244 g/mol. The smallest absolute Gasteiger partial charge is 0.135 e. The molecule has 1 heterocycles. The van der Waals surface area contributed by atoms with Gasteiger partial charge in [-0.1, -0.05) is 42.5 Å². The lowest BCUT2D eigenvalue weighted by Gasteiger charge is -2.38. The van der Waals surface area contributed by atoms with Crippen molar-refractivity contribution >= 4 is 16.8 Å². The molecule has 3 unspecified atom stereocenters. The molecule has 1 spiro atoms. The Morgan fingerprint density at radius 3 is 2.85 bits per heavy atom. The highest BCUT2D eigenvalue weighted by molar-refractivity contribution is 5.92. The van der Waals surface area contributed by atoms with Crippen molar-refractivity contribution in [2.75, 3.05) is 0 Å². The molecule has 3 aliphatic rings. The summed E-state index contributed by atoms with van der Waals surface area (Å²) in [6.45, 7) is 0. The Morgan fingerprint density at radius 1 is 1.05 bits per heavy atom. The first kappa shape index (κ1) is 11.0. The van der Waals surface area contributed by atoms with Crippen molar-refractivity contribution in [1.29, 1.82) is 0 Å². The summed E-state index contributed by atoms with van der Waals surface area (Å²) in [6, 6.07) is 13.0. The van der Waals surface area contributed by atoms with Gasteiger partial charge in [0.2, 0.25) is 0 Å². The van der Waals surface area contributed by atoms with Gasteiger partial charge in [-0.15, -0.1) is 0 Å². The molecule has 1 heteroatoms. The minimum absolute atomic E-state index is 0.0000411. The fourth-order valence-corrected chi connectivity index (χ4v) is 4.61. The van der Waals surface area contributed by atoms with Crippen molar-refractivity contribution in [2.24, 2.45) is 11.8 Å². The number of rotatable bonds is 0. The zero-order chi connectivity index (χ0) is 13.2. The van der Waals surface area contributed by atoms with Crippen LogP contribution in [0.25, 0.3) is 16.8 Å². The largest absolute Gasteiger partial charge is 0.482 e. The van der Waals surface area contributed by atoms with Crippen LogP contribution in [0.4, 0.5) is 0 Å². The molecule has 2 aromatic carbocycles. The highest BCUT2D eigenvalue weighted by Crippen LogP contribution is 2.55. The minimum atomic E-state index is 0.0000411. The zero-order valence-corrected chi connectivity index (χ0v) is 11.5. The molecule has 0 amide bonds. The van der Waals surface area contributed by atoms with Gasteiger partial charge in [0.15, 0.2) is 0 Å². The second-order valence-electron chi connectivity index (χ2n) is 6.68. The van der Waals surface area contributed by atoms with E-state index in [9.17, 15) is 0 Å². The molecule has 0 aromatic heterocycles. The summed E-state index contributed by atoms with van der Waals surface area (Å²) in [6.07, 6.45) is 9.99. The first-order valence-electron chi connectivity index (χ1n) is 7.74. The fourth-order valence-electron chi connectivity index (χ4n) is 4.61. The lowest BCUT2D eigenvalue weighted by atomic mass is 9.82. The molecule has 1 aliphatic heterocycles. The van der Waals surface area contributed by atoms with Crippen LogP contribution in [-0.2, 0) is 0 Å². The Labute approximate surface area is 119 Å². The average Bonchev–Trinajstić information content (AvgIpc) is 3.08. The Morgan fingerprint density at radius 2 is 2.00 bits per heavy atom. The molecule has 0 saturated heterocycles. The van der Waals surface area contributed by atoms with E-state index >= 15 is 0 Å². The third kappa shape index (κ3) is 1.33. The van der Waals surface area contributed by atoms with Crippen molar-refractivity contribution in [3.63, 3.8) is 0 Å². The van der Waals surface area contributed by atoms with Crippen LogP contribution < -0.4 is 4.74 Å². The van der Waals surface area contributed by atoms with Gasteiger partial charge in [0, 0.05) is 16.9 Å². The monoisotopic (exact) mass is 262 g/mol. The third-order valence-electron chi connectivity index (χ3n) is 5.59. The van der Waals surface area contributed by atoms with Gasteiger partial charge in [-0.3, -0.25) is 0 Å². The highest BCUT2D eigenvalue weighted by atomic mass is 16.5. The molecule has 0 radical (unpaired) electrons. The van der Waals surface area contributed by atoms with Gasteiger partial charge in [-0.05, 0) is 43.1 Å². The fraction of sp³-hybridized carbons (Fsp3) is 0.368. The van der Waals surface area contributed by atoms with Crippen LogP contribution in [0.1, 0.15) is 31.2 Å². The lowest BCUT2D eigenvalue weighted by molar-refractivity contribution is 0.0597. The van der Waals surface area contributed by atoms with Crippen LogP contribution in [0, 0.1) is 11.8 Å². The van der Waals surface area contributed by atoms with Gasteiger partial charge < -0.3 is 4.74 Å². The minimum Gasteiger partial charge on any atom is -0.482 e. The van der Waals surface area contributed by atoms with Gasteiger partial charge in [0.1, 0.15) is 11.4 Å². The summed E-state index contributed by atoms with van der Waals surface area (Å²) in [7, 11) is 0. The first-order valence-corrected chi connectivity index (χ1v) is 7.74. The topological polar surface area (TPSA) is 9.23 Å². The quantitative estimate of drug-likeness (QED) is 0.662. The second-order valence-corrected chi connectivity index (χ2v) is 6.68. The molecule has 3 atom stereocenters. The molecular formula is C19H18O. The SMILES string of the molecule is C1=CC2(CC3CCC2C3)Oc2c1ccc1ccccc21. The molecule has 5 rings (SSSR count). The standard InChI is InChI=1S/C19H18O/c1-2-4-17-14(3-1)6-7-15-9-10-19(20-18(15)17)12-13-5-8-16(19)11-13/h1-4,6-7,9-10,13,16H,5,8,11-12H2. The summed E-state index contributed by atoms with van der Waals surface area (Å²) in [5, 5.41) is 2.54.